The summed E-state index contributed by atoms with van der Waals surface area (Å²) in [6.07, 6.45) is 0. The summed E-state index contributed by atoms with van der Waals surface area (Å²) in [7, 11) is 0. The van der Waals surface area contributed by atoms with Crippen LogP contribution in [0.5, 0.6) is 0 Å². The van der Waals surface area contributed by atoms with Gasteiger partial charge in [-0.1, -0.05) is 23.2 Å². The molecule has 0 radical (unpaired) electrons. The third-order valence-electron chi connectivity index (χ3n) is 2.72. The van der Waals surface area contributed by atoms with Crippen molar-refractivity contribution in [1.29, 1.82) is 0 Å². The molecular formula is C14H13Cl2N3O2. The van der Waals surface area contributed by atoms with E-state index in [9.17, 15) is 9.59 Å². The van der Waals surface area contributed by atoms with E-state index in [4.69, 9.17) is 23.2 Å². The maximum atomic E-state index is 12.2. The molecule has 0 bridgehead atoms. The number of carbonyl (C=O) groups excluding carboxylic acids is 1. The lowest BCUT2D eigenvalue weighted by atomic mass is 10.3. The van der Waals surface area contributed by atoms with E-state index in [-0.39, 0.29) is 17.3 Å². The van der Waals surface area contributed by atoms with Crippen molar-refractivity contribution in [2.75, 3.05) is 5.32 Å². The van der Waals surface area contributed by atoms with Crippen LogP contribution in [0, 0.1) is 0 Å². The third kappa shape index (κ3) is 3.62. The molecule has 5 nitrogen and oxygen atoms in total. The Labute approximate surface area is 131 Å². The smallest absolute Gasteiger partial charge is 0.276 e. The fraction of sp³-hybridized carbons (Fsp3) is 0.214. The van der Waals surface area contributed by atoms with Crippen LogP contribution >= 0.6 is 23.2 Å². The van der Waals surface area contributed by atoms with Crippen molar-refractivity contribution in [3.63, 3.8) is 0 Å². The Morgan fingerprint density at radius 3 is 2.62 bits per heavy atom. The molecule has 7 heteroatoms. The Morgan fingerprint density at radius 1 is 1.24 bits per heavy atom. The Balaban J connectivity index is 2.30. The molecule has 0 unspecified atom stereocenters. The van der Waals surface area contributed by atoms with Gasteiger partial charge in [-0.15, -0.1) is 0 Å². The Hall–Kier alpha value is -1.85. The highest BCUT2D eigenvalue weighted by Crippen LogP contribution is 2.25. The van der Waals surface area contributed by atoms with Crippen LogP contribution in [0.4, 0.5) is 5.69 Å². The van der Waals surface area contributed by atoms with Gasteiger partial charge in [-0.2, -0.15) is 5.10 Å². The molecule has 110 valence electrons. The number of hydrogen-bond donors (Lipinski definition) is 1. The number of aromatic nitrogens is 2. The Bertz CT molecular complexity index is 741. The van der Waals surface area contributed by atoms with Gasteiger partial charge >= 0.3 is 0 Å². The van der Waals surface area contributed by atoms with E-state index in [0.717, 1.165) is 0 Å². The van der Waals surface area contributed by atoms with Crippen molar-refractivity contribution < 1.29 is 4.79 Å². The van der Waals surface area contributed by atoms with Crippen molar-refractivity contribution in [3.05, 3.63) is 56.4 Å². The van der Waals surface area contributed by atoms with Crippen LogP contribution in [-0.2, 0) is 0 Å². The van der Waals surface area contributed by atoms with E-state index < -0.39 is 5.91 Å². The zero-order valence-electron chi connectivity index (χ0n) is 11.4. The van der Waals surface area contributed by atoms with Gasteiger partial charge < -0.3 is 5.32 Å². The SMILES string of the molecule is CC(C)n1nc(C(=O)Nc2cc(Cl)ccc2Cl)ccc1=O. The van der Waals surface area contributed by atoms with E-state index in [2.05, 4.69) is 10.4 Å². The van der Waals surface area contributed by atoms with Gasteiger partial charge in [0.25, 0.3) is 11.5 Å². The van der Waals surface area contributed by atoms with Gasteiger partial charge in [0.2, 0.25) is 0 Å². The highest BCUT2D eigenvalue weighted by atomic mass is 35.5. The minimum atomic E-state index is -0.464. The quantitative estimate of drug-likeness (QED) is 0.940. The van der Waals surface area contributed by atoms with Crippen LogP contribution < -0.4 is 10.9 Å². The predicted molar refractivity (Wildman–Crippen MR) is 83.3 cm³/mol. The van der Waals surface area contributed by atoms with E-state index >= 15 is 0 Å². The zero-order chi connectivity index (χ0) is 15.6. The minimum Gasteiger partial charge on any atom is -0.319 e. The van der Waals surface area contributed by atoms with Gasteiger partial charge in [0.1, 0.15) is 5.69 Å². The van der Waals surface area contributed by atoms with Crippen LogP contribution in [0.25, 0.3) is 0 Å². The summed E-state index contributed by atoms with van der Waals surface area (Å²) in [5.41, 5.74) is 0.250. The summed E-state index contributed by atoms with van der Waals surface area (Å²) < 4.78 is 1.24. The lowest BCUT2D eigenvalue weighted by molar-refractivity contribution is 0.101. The lowest BCUT2D eigenvalue weighted by Gasteiger charge is -2.11. The number of halogens is 2. The Kier molecular flexibility index (Phi) is 4.65. The zero-order valence-corrected chi connectivity index (χ0v) is 12.9. The normalized spacial score (nSPS) is 10.7. The van der Waals surface area contributed by atoms with Gasteiger partial charge in [-0.3, -0.25) is 9.59 Å². The average molecular weight is 326 g/mol. The summed E-state index contributed by atoms with van der Waals surface area (Å²) in [5, 5.41) is 7.47. The summed E-state index contributed by atoms with van der Waals surface area (Å²) in [4.78, 5) is 23.8. The van der Waals surface area contributed by atoms with E-state index in [0.29, 0.717) is 15.7 Å². The van der Waals surface area contributed by atoms with Crippen molar-refractivity contribution in [2.45, 2.75) is 19.9 Å². The molecule has 1 heterocycles. The number of nitrogens with one attached hydrogen (secondary N) is 1. The van der Waals surface area contributed by atoms with Gasteiger partial charge in [0, 0.05) is 11.1 Å². The van der Waals surface area contributed by atoms with Crippen LogP contribution in [0.2, 0.25) is 10.0 Å². The molecule has 0 spiro atoms. The molecular weight excluding hydrogens is 313 g/mol. The molecule has 0 atom stereocenters. The van der Waals surface area contributed by atoms with Crippen molar-refractivity contribution in [1.82, 2.24) is 9.78 Å². The van der Waals surface area contributed by atoms with Crippen molar-refractivity contribution >= 4 is 34.8 Å². The molecule has 0 aliphatic rings. The van der Waals surface area contributed by atoms with E-state index in [1.54, 1.807) is 18.2 Å². The standard InChI is InChI=1S/C14H13Cl2N3O2/c1-8(2)19-13(20)6-5-11(18-19)14(21)17-12-7-9(15)3-4-10(12)16/h3-8H,1-2H3,(H,17,21). The van der Waals surface area contributed by atoms with Crippen LogP contribution in [0.15, 0.2) is 35.1 Å². The molecule has 0 saturated carbocycles. The summed E-state index contributed by atoms with van der Waals surface area (Å²) in [6.45, 7) is 3.62. The number of anilines is 1. The Morgan fingerprint density at radius 2 is 1.95 bits per heavy atom. The number of nitrogens with zero attached hydrogens (tertiary/aromatic N) is 2. The monoisotopic (exact) mass is 325 g/mol. The second-order valence-corrected chi connectivity index (χ2v) is 5.52. The van der Waals surface area contributed by atoms with Crippen LogP contribution in [0.1, 0.15) is 30.4 Å². The van der Waals surface area contributed by atoms with Gasteiger partial charge in [0.05, 0.1) is 16.8 Å². The number of amides is 1. The first-order valence-electron chi connectivity index (χ1n) is 6.25. The topological polar surface area (TPSA) is 64.0 Å². The van der Waals surface area contributed by atoms with Gasteiger partial charge in [0.15, 0.2) is 0 Å². The van der Waals surface area contributed by atoms with E-state index in [1.165, 1.54) is 16.8 Å². The predicted octanol–water partition coefficient (Wildman–Crippen LogP) is 3.38. The summed E-state index contributed by atoms with van der Waals surface area (Å²) in [6, 6.07) is 7.29. The molecule has 1 amide bonds. The largest absolute Gasteiger partial charge is 0.319 e. The van der Waals surface area contributed by atoms with Crippen LogP contribution in [-0.4, -0.2) is 15.7 Å². The molecule has 1 aromatic heterocycles. The summed E-state index contributed by atoms with van der Waals surface area (Å²) >= 11 is 11.8. The first-order valence-corrected chi connectivity index (χ1v) is 7.00. The molecule has 21 heavy (non-hydrogen) atoms. The highest BCUT2D eigenvalue weighted by Gasteiger charge is 2.13. The second kappa shape index (κ2) is 6.28. The minimum absolute atomic E-state index is 0.124. The second-order valence-electron chi connectivity index (χ2n) is 4.67. The molecule has 0 aliphatic carbocycles. The van der Waals surface area contributed by atoms with E-state index in [1.807, 2.05) is 13.8 Å². The van der Waals surface area contributed by atoms with Crippen molar-refractivity contribution in [3.8, 4) is 0 Å². The first kappa shape index (κ1) is 15.5. The number of rotatable bonds is 3. The molecule has 0 fully saturated rings. The summed E-state index contributed by atoms with van der Waals surface area (Å²) in [5.74, 6) is -0.464. The van der Waals surface area contributed by atoms with Crippen LogP contribution in [0.3, 0.4) is 0 Å². The molecule has 1 N–H and O–H groups in total. The molecule has 2 aromatic rings. The van der Waals surface area contributed by atoms with Gasteiger partial charge in [-0.25, -0.2) is 4.68 Å². The molecule has 1 aromatic carbocycles. The fourth-order valence-corrected chi connectivity index (χ4v) is 2.03. The van der Waals surface area contributed by atoms with Gasteiger partial charge in [-0.05, 0) is 38.1 Å². The molecule has 0 saturated heterocycles. The maximum Gasteiger partial charge on any atom is 0.276 e. The maximum absolute atomic E-state index is 12.2. The lowest BCUT2D eigenvalue weighted by Crippen LogP contribution is -2.27. The highest BCUT2D eigenvalue weighted by molar-refractivity contribution is 6.35. The van der Waals surface area contributed by atoms with Crippen molar-refractivity contribution in [2.24, 2.45) is 0 Å². The number of benzene rings is 1. The average Bonchev–Trinajstić information content (AvgIpc) is 2.43. The number of carbonyl (C=O) groups is 1. The fourth-order valence-electron chi connectivity index (χ4n) is 1.70. The number of hydrogen-bond acceptors (Lipinski definition) is 3. The molecule has 0 aliphatic heterocycles. The third-order valence-corrected chi connectivity index (χ3v) is 3.29. The molecule has 2 rings (SSSR count). The first-order chi connectivity index (χ1) is 9.88.